The molecule has 0 saturated heterocycles. The largest absolute Gasteiger partial charge is 0.466 e. The molecule has 3 rings (SSSR count). The number of nitrogens with zero attached hydrogens (tertiary/aromatic N) is 1. The predicted octanol–water partition coefficient (Wildman–Crippen LogP) is 4.70. The summed E-state index contributed by atoms with van der Waals surface area (Å²) in [5.41, 5.74) is 4.36. The van der Waals surface area contributed by atoms with Crippen LogP contribution < -0.4 is 4.90 Å². The zero-order chi connectivity index (χ0) is 16.4. The van der Waals surface area contributed by atoms with E-state index in [1.165, 1.54) is 24.3 Å². The molecule has 0 aliphatic carbocycles. The third-order valence-corrected chi connectivity index (χ3v) is 4.56. The zero-order valence-electron chi connectivity index (χ0n) is 12.6. The quantitative estimate of drug-likeness (QED) is 0.595. The molecule has 0 aromatic heterocycles. The fraction of sp³-hybridized carbons (Fsp3) is 0.167. The standard InChI is InChI=1S/C18H15Cl2NO2/c1-23-18(22)7-6-12-4-2-3-5-17(12)21-10-13-8-15(19)16(20)9-14(13)11-21/h2-9H,10-11H2,1H3. The molecule has 23 heavy (non-hydrogen) atoms. The highest BCUT2D eigenvalue weighted by Gasteiger charge is 2.22. The Bertz CT molecular complexity index is 756. The molecule has 0 amide bonds. The zero-order valence-corrected chi connectivity index (χ0v) is 14.1. The Morgan fingerprint density at radius 1 is 1.13 bits per heavy atom. The summed E-state index contributed by atoms with van der Waals surface area (Å²) in [6.45, 7) is 1.52. The van der Waals surface area contributed by atoms with Gasteiger partial charge in [0, 0.05) is 24.9 Å². The molecule has 0 radical (unpaired) electrons. The number of carbonyl (C=O) groups is 1. The number of para-hydroxylation sites is 1. The van der Waals surface area contributed by atoms with Crippen LogP contribution in [-0.2, 0) is 22.6 Å². The Morgan fingerprint density at radius 2 is 1.74 bits per heavy atom. The van der Waals surface area contributed by atoms with E-state index in [1.807, 2.05) is 36.4 Å². The molecule has 2 aromatic carbocycles. The molecule has 1 aliphatic heterocycles. The Kier molecular flexibility index (Phi) is 4.60. The van der Waals surface area contributed by atoms with Crippen molar-refractivity contribution >= 4 is 40.9 Å². The topological polar surface area (TPSA) is 29.5 Å². The molecule has 0 unspecified atom stereocenters. The van der Waals surface area contributed by atoms with Crippen LogP contribution in [0.4, 0.5) is 5.69 Å². The Labute approximate surface area is 145 Å². The lowest BCUT2D eigenvalue weighted by Gasteiger charge is -2.20. The minimum Gasteiger partial charge on any atom is -0.466 e. The van der Waals surface area contributed by atoms with E-state index < -0.39 is 0 Å². The van der Waals surface area contributed by atoms with Gasteiger partial charge in [0.05, 0.1) is 17.2 Å². The molecule has 0 bridgehead atoms. The van der Waals surface area contributed by atoms with Crippen molar-refractivity contribution in [3.05, 3.63) is 69.2 Å². The van der Waals surface area contributed by atoms with Gasteiger partial charge in [-0.25, -0.2) is 4.79 Å². The van der Waals surface area contributed by atoms with E-state index in [4.69, 9.17) is 23.2 Å². The normalized spacial score (nSPS) is 13.4. The lowest BCUT2D eigenvalue weighted by Crippen LogP contribution is -2.15. The van der Waals surface area contributed by atoms with Gasteiger partial charge in [0.15, 0.2) is 0 Å². The number of anilines is 1. The highest BCUT2D eigenvalue weighted by Crippen LogP contribution is 2.35. The molecule has 3 nitrogen and oxygen atoms in total. The third kappa shape index (κ3) is 3.36. The van der Waals surface area contributed by atoms with Crippen LogP contribution in [0.1, 0.15) is 16.7 Å². The molecule has 0 saturated carbocycles. The van der Waals surface area contributed by atoms with Gasteiger partial charge in [0.25, 0.3) is 0 Å². The van der Waals surface area contributed by atoms with Crippen LogP contribution in [0.2, 0.25) is 10.0 Å². The summed E-state index contributed by atoms with van der Waals surface area (Å²) in [6.07, 6.45) is 3.19. The molecule has 118 valence electrons. The monoisotopic (exact) mass is 347 g/mol. The molecular formula is C18H15Cl2NO2. The van der Waals surface area contributed by atoms with E-state index >= 15 is 0 Å². The summed E-state index contributed by atoms with van der Waals surface area (Å²) in [6, 6.07) is 11.8. The summed E-state index contributed by atoms with van der Waals surface area (Å²) in [5, 5.41) is 1.15. The van der Waals surface area contributed by atoms with Crippen LogP contribution in [0.15, 0.2) is 42.5 Å². The average molecular weight is 348 g/mol. The minimum atomic E-state index is -0.372. The first-order chi connectivity index (χ1) is 11.1. The van der Waals surface area contributed by atoms with Gasteiger partial charge in [-0.05, 0) is 41.0 Å². The summed E-state index contributed by atoms with van der Waals surface area (Å²) < 4.78 is 4.65. The van der Waals surface area contributed by atoms with Crippen LogP contribution in [-0.4, -0.2) is 13.1 Å². The first kappa shape index (κ1) is 15.9. The molecule has 0 atom stereocenters. The molecule has 5 heteroatoms. The van der Waals surface area contributed by atoms with Crippen molar-refractivity contribution < 1.29 is 9.53 Å². The van der Waals surface area contributed by atoms with Crippen molar-refractivity contribution in [2.75, 3.05) is 12.0 Å². The predicted molar refractivity (Wildman–Crippen MR) is 93.8 cm³/mol. The number of carbonyl (C=O) groups excluding carboxylic acids is 1. The van der Waals surface area contributed by atoms with Crippen molar-refractivity contribution in [3.63, 3.8) is 0 Å². The molecule has 2 aromatic rings. The number of rotatable bonds is 3. The Morgan fingerprint density at radius 3 is 2.35 bits per heavy atom. The number of methoxy groups -OCH3 is 1. The number of hydrogen-bond acceptors (Lipinski definition) is 3. The minimum absolute atomic E-state index is 0.372. The van der Waals surface area contributed by atoms with Crippen LogP contribution in [0, 0.1) is 0 Å². The van der Waals surface area contributed by atoms with Gasteiger partial charge in [-0.1, -0.05) is 41.4 Å². The number of esters is 1. The molecule has 0 fully saturated rings. The van der Waals surface area contributed by atoms with Gasteiger partial charge in [-0.15, -0.1) is 0 Å². The van der Waals surface area contributed by atoms with E-state index in [0.717, 1.165) is 24.3 Å². The van der Waals surface area contributed by atoms with Crippen LogP contribution in [0.3, 0.4) is 0 Å². The average Bonchev–Trinajstić information content (AvgIpc) is 2.95. The smallest absolute Gasteiger partial charge is 0.330 e. The van der Waals surface area contributed by atoms with Crippen LogP contribution in [0.5, 0.6) is 0 Å². The lowest BCUT2D eigenvalue weighted by atomic mass is 10.1. The van der Waals surface area contributed by atoms with Crippen molar-refractivity contribution in [2.45, 2.75) is 13.1 Å². The number of hydrogen-bond donors (Lipinski definition) is 0. The van der Waals surface area contributed by atoms with Crippen molar-refractivity contribution in [1.29, 1.82) is 0 Å². The maximum absolute atomic E-state index is 11.3. The third-order valence-electron chi connectivity index (χ3n) is 3.84. The second kappa shape index (κ2) is 6.65. The van der Waals surface area contributed by atoms with E-state index in [2.05, 4.69) is 9.64 Å². The summed E-state index contributed by atoms with van der Waals surface area (Å²) in [4.78, 5) is 13.5. The van der Waals surface area contributed by atoms with Gasteiger partial charge in [0.2, 0.25) is 0 Å². The number of benzene rings is 2. The van der Waals surface area contributed by atoms with Gasteiger partial charge in [0.1, 0.15) is 0 Å². The highest BCUT2D eigenvalue weighted by atomic mass is 35.5. The van der Waals surface area contributed by atoms with Gasteiger partial charge in [-0.2, -0.15) is 0 Å². The van der Waals surface area contributed by atoms with Crippen molar-refractivity contribution in [3.8, 4) is 0 Å². The van der Waals surface area contributed by atoms with Crippen molar-refractivity contribution in [2.24, 2.45) is 0 Å². The van der Waals surface area contributed by atoms with Gasteiger partial charge >= 0.3 is 5.97 Å². The molecule has 0 N–H and O–H groups in total. The summed E-state index contributed by atoms with van der Waals surface area (Å²) in [7, 11) is 1.36. The number of fused-ring (bicyclic) bond motifs is 1. The molecule has 1 aliphatic rings. The van der Waals surface area contributed by atoms with Crippen LogP contribution in [0.25, 0.3) is 6.08 Å². The second-order valence-electron chi connectivity index (χ2n) is 5.31. The van der Waals surface area contributed by atoms with Gasteiger partial charge in [-0.3, -0.25) is 0 Å². The second-order valence-corrected chi connectivity index (χ2v) is 6.12. The molecule has 1 heterocycles. The van der Waals surface area contributed by atoms with Gasteiger partial charge < -0.3 is 9.64 Å². The lowest BCUT2D eigenvalue weighted by molar-refractivity contribution is -0.134. The summed E-state index contributed by atoms with van der Waals surface area (Å²) in [5.74, 6) is -0.372. The first-order valence-corrected chi connectivity index (χ1v) is 7.91. The fourth-order valence-corrected chi connectivity index (χ4v) is 3.08. The number of halogens is 2. The highest BCUT2D eigenvalue weighted by molar-refractivity contribution is 6.42. The Balaban J connectivity index is 1.89. The van der Waals surface area contributed by atoms with E-state index in [1.54, 1.807) is 6.08 Å². The van der Waals surface area contributed by atoms with E-state index in [9.17, 15) is 4.79 Å². The van der Waals surface area contributed by atoms with Crippen molar-refractivity contribution in [1.82, 2.24) is 0 Å². The SMILES string of the molecule is COC(=O)C=Cc1ccccc1N1Cc2cc(Cl)c(Cl)cc2C1. The van der Waals surface area contributed by atoms with Crippen LogP contribution >= 0.6 is 23.2 Å². The maximum Gasteiger partial charge on any atom is 0.330 e. The van der Waals surface area contributed by atoms with E-state index in [-0.39, 0.29) is 5.97 Å². The maximum atomic E-state index is 11.3. The first-order valence-electron chi connectivity index (χ1n) is 7.15. The fourth-order valence-electron chi connectivity index (χ4n) is 2.70. The molecule has 0 spiro atoms. The molecular weight excluding hydrogens is 333 g/mol. The summed E-state index contributed by atoms with van der Waals surface area (Å²) >= 11 is 12.2. The van der Waals surface area contributed by atoms with E-state index in [0.29, 0.717) is 10.0 Å². The Hall–Kier alpha value is -1.97. The number of ether oxygens (including phenoxy) is 1.